The number of carbonyl (C=O) groups excluding carboxylic acids is 1. The minimum absolute atomic E-state index is 0.166. The molecule has 2 rings (SSSR count). The van der Waals surface area contributed by atoms with Gasteiger partial charge in [0.2, 0.25) is 5.91 Å². The van der Waals surface area contributed by atoms with Crippen molar-refractivity contribution >= 4 is 17.5 Å². The van der Waals surface area contributed by atoms with Crippen molar-refractivity contribution in [2.45, 2.75) is 25.4 Å². The second kappa shape index (κ2) is 11.2. The minimum Gasteiger partial charge on any atom is -0.493 e. The molecule has 6 heteroatoms. The van der Waals surface area contributed by atoms with E-state index in [1.807, 2.05) is 24.3 Å². The number of amides is 1. The minimum atomic E-state index is -1.05. The predicted molar refractivity (Wildman–Crippen MR) is 110 cm³/mol. The molecule has 0 fully saturated rings. The van der Waals surface area contributed by atoms with E-state index < -0.39 is 6.10 Å². The highest BCUT2D eigenvalue weighted by Gasteiger charge is 2.14. The number of hydrogen-bond donors (Lipinski definition) is 2. The number of aliphatic hydroxyl groups is 1. The average molecular weight is 402 g/mol. The topological polar surface area (TPSA) is 67.8 Å². The fourth-order valence-electron chi connectivity index (χ4n) is 2.64. The van der Waals surface area contributed by atoms with Crippen molar-refractivity contribution < 1.29 is 19.4 Å². The van der Waals surface area contributed by atoms with Crippen LogP contribution in [0.4, 0.5) is 0 Å². The number of hydrogen-bond acceptors (Lipinski definition) is 4. The van der Waals surface area contributed by atoms with Gasteiger partial charge in [-0.2, -0.15) is 0 Å². The van der Waals surface area contributed by atoms with Crippen molar-refractivity contribution in [3.05, 3.63) is 58.6 Å². The van der Waals surface area contributed by atoms with E-state index in [1.54, 1.807) is 25.3 Å². The van der Waals surface area contributed by atoms with Gasteiger partial charge < -0.3 is 19.9 Å². The Morgan fingerprint density at radius 2 is 1.89 bits per heavy atom. The van der Waals surface area contributed by atoms with E-state index >= 15 is 0 Å². The van der Waals surface area contributed by atoms with Gasteiger partial charge in [-0.15, -0.1) is 6.42 Å². The molecule has 2 aromatic carbocycles. The Labute approximate surface area is 170 Å². The molecule has 0 aliphatic carbocycles. The van der Waals surface area contributed by atoms with Gasteiger partial charge in [-0.1, -0.05) is 35.7 Å². The number of methoxy groups -OCH3 is 1. The van der Waals surface area contributed by atoms with Crippen molar-refractivity contribution in [3.8, 4) is 23.8 Å². The molecule has 0 unspecified atom stereocenters. The third-order valence-corrected chi connectivity index (χ3v) is 4.43. The number of halogens is 1. The van der Waals surface area contributed by atoms with E-state index in [1.165, 1.54) is 0 Å². The zero-order valence-electron chi connectivity index (χ0n) is 15.8. The fraction of sp³-hybridized carbons (Fsp3) is 0.318. The Bertz CT molecular complexity index is 814. The molecular formula is C22H24ClNO4. The third kappa shape index (κ3) is 6.80. The molecule has 0 bridgehead atoms. The molecule has 1 amide bonds. The lowest BCUT2D eigenvalue weighted by Gasteiger charge is -2.13. The van der Waals surface area contributed by atoms with Gasteiger partial charge >= 0.3 is 0 Å². The standard InChI is InChI=1S/C22H24ClNO4/c1-3-14-28-20-11-7-17(15-21(20)27-2)12-13-24-22(26)19(25)10-6-16-4-8-18(23)9-5-16/h1,4-5,7-9,11,15,19,25H,6,10,12-14H2,2H3,(H,24,26)/t19-/m0/s1. The Kier molecular flexibility index (Phi) is 8.67. The van der Waals surface area contributed by atoms with Crippen LogP contribution in [0.25, 0.3) is 0 Å². The SMILES string of the molecule is C#CCOc1ccc(CCNC(=O)[C@@H](O)CCc2ccc(Cl)cc2)cc1OC. The van der Waals surface area contributed by atoms with Gasteiger partial charge in [0.1, 0.15) is 12.7 Å². The summed E-state index contributed by atoms with van der Waals surface area (Å²) in [6, 6.07) is 12.9. The summed E-state index contributed by atoms with van der Waals surface area (Å²) in [5.41, 5.74) is 2.00. The lowest BCUT2D eigenvalue weighted by molar-refractivity contribution is -0.129. The molecule has 2 aromatic rings. The van der Waals surface area contributed by atoms with Gasteiger partial charge in [-0.25, -0.2) is 0 Å². The van der Waals surface area contributed by atoms with Crippen LogP contribution in [-0.4, -0.2) is 37.4 Å². The largest absolute Gasteiger partial charge is 0.493 e. The predicted octanol–water partition coefficient (Wildman–Crippen LogP) is 3.01. The Hall–Kier alpha value is -2.68. The third-order valence-electron chi connectivity index (χ3n) is 4.17. The molecule has 0 spiro atoms. The first kappa shape index (κ1) is 21.6. The summed E-state index contributed by atoms with van der Waals surface area (Å²) in [6.07, 6.45) is 5.69. The zero-order valence-corrected chi connectivity index (χ0v) is 16.5. The van der Waals surface area contributed by atoms with Crippen LogP contribution in [0.15, 0.2) is 42.5 Å². The van der Waals surface area contributed by atoms with E-state index in [9.17, 15) is 9.90 Å². The molecule has 0 radical (unpaired) electrons. The summed E-state index contributed by atoms with van der Waals surface area (Å²) < 4.78 is 10.7. The van der Waals surface area contributed by atoms with E-state index in [4.69, 9.17) is 27.5 Å². The zero-order chi connectivity index (χ0) is 20.4. The van der Waals surface area contributed by atoms with Crippen LogP contribution in [-0.2, 0) is 17.6 Å². The fourth-order valence-corrected chi connectivity index (χ4v) is 2.77. The van der Waals surface area contributed by atoms with Crippen molar-refractivity contribution in [1.29, 1.82) is 0 Å². The van der Waals surface area contributed by atoms with Crippen molar-refractivity contribution in [2.24, 2.45) is 0 Å². The van der Waals surface area contributed by atoms with Crippen LogP contribution >= 0.6 is 11.6 Å². The summed E-state index contributed by atoms with van der Waals surface area (Å²) in [5, 5.41) is 13.5. The van der Waals surface area contributed by atoms with Crippen molar-refractivity contribution in [3.63, 3.8) is 0 Å². The van der Waals surface area contributed by atoms with Crippen LogP contribution in [0.2, 0.25) is 5.02 Å². The maximum absolute atomic E-state index is 12.1. The van der Waals surface area contributed by atoms with Crippen molar-refractivity contribution in [2.75, 3.05) is 20.3 Å². The van der Waals surface area contributed by atoms with Crippen LogP contribution in [0.3, 0.4) is 0 Å². The molecule has 0 aliphatic rings. The lowest BCUT2D eigenvalue weighted by Crippen LogP contribution is -2.36. The highest BCUT2D eigenvalue weighted by Crippen LogP contribution is 2.28. The number of nitrogens with one attached hydrogen (secondary N) is 1. The first-order valence-corrected chi connectivity index (χ1v) is 9.34. The second-order valence-corrected chi connectivity index (χ2v) is 6.64. The molecule has 148 valence electrons. The number of rotatable bonds is 10. The van der Waals surface area contributed by atoms with Gasteiger partial charge in [0.05, 0.1) is 7.11 Å². The Balaban J connectivity index is 1.77. The van der Waals surface area contributed by atoms with Gasteiger partial charge in [-0.05, 0) is 54.7 Å². The van der Waals surface area contributed by atoms with Crippen LogP contribution in [0.5, 0.6) is 11.5 Å². The molecule has 2 N–H and O–H groups in total. The quantitative estimate of drug-likeness (QED) is 0.600. The summed E-state index contributed by atoms with van der Waals surface area (Å²) in [7, 11) is 1.56. The molecule has 5 nitrogen and oxygen atoms in total. The molecule has 0 saturated carbocycles. The molecule has 0 aliphatic heterocycles. The van der Waals surface area contributed by atoms with Crippen LogP contribution in [0.1, 0.15) is 17.5 Å². The molecule has 28 heavy (non-hydrogen) atoms. The van der Waals surface area contributed by atoms with Crippen molar-refractivity contribution in [1.82, 2.24) is 5.32 Å². The van der Waals surface area contributed by atoms with Gasteiger partial charge in [0.15, 0.2) is 11.5 Å². The monoisotopic (exact) mass is 401 g/mol. The van der Waals surface area contributed by atoms with E-state index in [0.29, 0.717) is 42.3 Å². The number of aryl methyl sites for hydroxylation is 1. The molecule has 0 saturated heterocycles. The molecule has 0 heterocycles. The molecule has 1 atom stereocenters. The smallest absolute Gasteiger partial charge is 0.248 e. The Morgan fingerprint density at radius 3 is 2.57 bits per heavy atom. The summed E-state index contributed by atoms with van der Waals surface area (Å²) in [4.78, 5) is 12.1. The molecular weight excluding hydrogens is 378 g/mol. The maximum atomic E-state index is 12.1. The van der Waals surface area contributed by atoms with Gasteiger partial charge in [0, 0.05) is 11.6 Å². The lowest BCUT2D eigenvalue weighted by atomic mass is 10.1. The van der Waals surface area contributed by atoms with E-state index in [2.05, 4.69) is 11.2 Å². The van der Waals surface area contributed by atoms with Gasteiger partial charge in [-0.3, -0.25) is 4.79 Å². The highest BCUT2D eigenvalue weighted by molar-refractivity contribution is 6.30. The normalized spacial score (nSPS) is 11.4. The van der Waals surface area contributed by atoms with Crippen LogP contribution < -0.4 is 14.8 Å². The van der Waals surface area contributed by atoms with Gasteiger partial charge in [0.25, 0.3) is 0 Å². The maximum Gasteiger partial charge on any atom is 0.248 e. The average Bonchev–Trinajstić information content (AvgIpc) is 2.71. The van der Waals surface area contributed by atoms with E-state index in [0.717, 1.165) is 11.1 Å². The summed E-state index contributed by atoms with van der Waals surface area (Å²) in [6.45, 7) is 0.574. The number of ether oxygens (including phenoxy) is 2. The Morgan fingerprint density at radius 1 is 1.18 bits per heavy atom. The highest BCUT2D eigenvalue weighted by atomic mass is 35.5. The number of carbonyl (C=O) groups is 1. The molecule has 0 aromatic heterocycles. The first-order chi connectivity index (χ1) is 13.5. The summed E-state index contributed by atoms with van der Waals surface area (Å²) >= 11 is 5.85. The van der Waals surface area contributed by atoms with Crippen LogP contribution in [0, 0.1) is 12.3 Å². The number of benzene rings is 2. The number of terminal acetylenes is 1. The first-order valence-electron chi connectivity index (χ1n) is 8.97. The summed E-state index contributed by atoms with van der Waals surface area (Å²) in [5.74, 6) is 3.19. The van der Waals surface area contributed by atoms with E-state index in [-0.39, 0.29) is 12.5 Å². The second-order valence-electron chi connectivity index (χ2n) is 6.20. The number of aliphatic hydroxyl groups excluding tert-OH is 1.